The monoisotopic (exact) mass is 405 g/mol. The van der Waals surface area contributed by atoms with E-state index in [4.69, 9.17) is 10.6 Å². The van der Waals surface area contributed by atoms with Crippen LogP contribution in [-0.4, -0.2) is 50.3 Å². The summed E-state index contributed by atoms with van der Waals surface area (Å²) in [6.07, 6.45) is 5.46. The summed E-state index contributed by atoms with van der Waals surface area (Å²) in [5.74, 6) is 5.67. The number of nitrogens with two attached hydrogens (primary N) is 1. The number of anilines is 2. The third-order valence-corrected chi connectivity index (χ3v) is 5.81. The number of rotatable bonds is 7. The molecule has 4 rings (SSSR count). The first-order chi connectivity index (χ1) is 14.7. The van der Waals surface area contributed by atoms with Crippen LogP contribution in [0.3, 0.4) is 0 Å². The van der Waals surface area contributed by atoms with Crippen LogP contribution < -0.4 is 16.1 Å². The normalized spacial score (nSPS) is 20.4. The van der Waals surface area contributed by atoms with E-state index in [1.54, 1.807) is 6.21 Å². The molecule has 6 heteroatoms. The Morgan fingerprint density at radius 1 is 1.20 bits per heavy atom. The van der Waals surface area contributed by atoms with Gasteiger partial charge in [-0.3, -0.25) is 4.99 Å². The molecule has 0 aliphatic carbocycles. The van der Waals surface area contributed by atoms with Gasteiger partial charge in [-0.05, 0) is 56.0 Å². The van der Waals surface area contributed by atoms with Crippen LogP contribution in [0.1, 0.15) is 30.4 Å². The fraction of sp³-hybridized carbons (Fsp3) is 0.417. The van der Waals surface area contributed by atoms with Gasteiger partial charge >= 0.3 is 0 Å². The van der Waals surface area contributed by atoms with Crippen LogP contribution >= 0.6 is 0 Å². The summed E-state index contributed by atoms with van der Waals surface area (Å²) >= 11 is 0. The summed E-state index contributed by atoms with van der Waals surface area (Å²) in [5, 5.41) is 7.55. The van der Waals surface area contributed by atoms with Gasteiger partial charge in [0.2, 0.25) is 0 Å². The average Bonchev–Trinajstić information content (AvgIpc) is 2.75. The Hall–Kier alpha value is -2.86. The largest absolute Gasteiger partial charge is 0.379 e. The number of nitrogens with zero attached hydrogens (tertiary/aromatic N) is 3. The van der Waals surface area contributed by atoms with E-state index in [9.17, 15) is 0 Å². The number of aliphatic imine (C=N–C) groups is 1. The zero-order valence-electron chi connectivity index (χ0n) is 17.6. The van der Waals surface area contributed by atoms with E-state index in [0.717, 1.165) is 43.7 Å². The van der Waals surface area contributed by atoms with Crippen LogP contribution in [0.4, 0.5) is 11.4 Å². The van der Waals surface area contributed by atoms with Gasteiger partial charge in [-0.15, -0.1) is 0 Å². The smallest absolute Gasteiger partial charge is 0.108 e. The molecule has 0 amide bonds. The van der Waals surface area contributed by atoms with Crippen LogP contribution in [0, 0.1) is 6.92 Å². The minimum absolute atomic E-state index is 0.223. The molecular formula is C24H31N5O. The molecule has 1 unspecified atom stereocenters. The molecule has 2 aliphatic heterocycles. The molecule has 2 saturated heterocycles. The van der Waals surface area contributed by atoms with Crippen LogP contribution in [-0.2, 0) is 4.74 Å². The molecule has 6 nitrogen and oxygen atoms in total. The first kappa shape index (κ1) is 20.4. The van der Waals surface area contributed by atoms with Gasteiger partial charge < -0.3 is 20.8 Å². The van der Waals surface area contributed by atoms with Crippen molar-refractivity contribution in [2.75, 3.05) is 36.5 Å². The summed E-state index contributed by atoms with van der Waals surface area (Å²) in [6, 6.07) is 17.3. The van der Waals surface area contributed by atoms with Gasteiger partial charge in [0, 0.05) is 42.8 Å². The Kier molecular flexibility index (Phi) is 6.64. The van der Waals surface area contributed by atoms with Crippen molar-refractivity contribution in [2.24, 2.45) is 15.9 Å². The van der Waals surface area contributed by atoms with Crippen molar-refractivity contribution < 1.29 is 4.74 Å². The van der Waals surface area contributed by atoms with Gasteiger partial charge in [0.25, 0.3) is 0 Å². The van der Waals surface area contributed by atoms with Crippen molar-refractivity contribution >= 4 is 23.3 Å². The molecule has 0 bridgehead atoms. The minimum atomic E-state index is 0.223. The van der Waals surface area contributed by atoms with Gasteiger partial charge in [-0.25, -0.2) is 0 Å². The van der Waals surface area contributed by atoms with E-state index in [1.807, 2.05) is 6.07 Å². The molecule has 3 N–H and O–H groups in total. The highest BCUT2D eigenvalue weighted by atomic mass is 16.5. The number of hydrogen-bond donors (Lipinski definition) is 2. The van der Waals surface area contributed by atoms with E-state index in [0.29, 0.717) is 18.3 Å². The van der Waals surface area contributed by atoms with Crippen molar-refractivity contribution in [3.05, 3.63) is 59.7 Å². The van der Waals surface area contributed by atoms with E-state index in [-0.39, 0.29) is 6.10 Å². The van der Waals surface area contributed by atoms with Crippen molar-refractivity contribution in [1.29, 1.82) is 0 Å². The highest BCUT2D eigenvalue weighted by molar-refractivity contribution is 6.38. The number of para-hydroxylation sites is 1. The quantitative estimate of drug-likeness (QED) is 0.419. The molecule has 158 valence electrons. The highest BCUT2D eigenvalue weighted by Crippen LogP contribution is 2.25. The Morgan fingerprint density at radius 2 is 2.03 bits per heavy atom. The number of nitrogens with one attached hydrogen (secondary N) is 1. The van der Waals surface area contributed by atoms with E-state index in [1.165, 1.54) is 17.8 Å². The molecule has 30 heavy (non-hydrogen) atoms. The maximum atomic E-state index is 5.73. The molecule has 0 saturated carbocycles. The third-order valence-electron chi connectivity index (χ3n) is 5.81. The summed E-state index contributed by atoms with van der Waals surface area (Å²) in [7, 11) is 0. The molecule has 0 radical (unpaired) electrons. The van der Waals surface area contributed by atoms with Crippen LogP contribution in [0.5, 0.6) is 0 Å². The summed E-state index contributed by atoms with van der Waals surface area (Å²) in [4.78, 5) is 6.92. The zero-order valence-corrected chi connectivity index (χ0v) is 17.6. The van der Waals surface area contributed by atoms with Gasteiger partial charge in [0.15, 0.2) is 0 Å². The molecule has 0 spiro atoms. The molecule has 2 aromatic rings. The Balaban J connectivity index is 1.33. The average molecular weight is 406 g/mol. The van der Waals surface area contributed by atoms with Crippen molar-refractivity contribution in [1.82, 2.24) is 0 Å². The summed E-state index contributed by atoms with van der Waals surface area (Å²) < 4.78 is 5.73. The maximum absolute atomic E-state index is 5.73. The highest BCUT2D eigenvalue weighted by Gasteiger charge is 2.27. The summed E-state index contributed by atoms with van der Waals surface area (Å²) in [6.45, 7) is 5.60. The summed E-state index contributed by atoms with van der Waals surface area (Å²) in [5.41, 5.74) is 5.29. The Morgan fingerprint density at radius 3 is 2.73 bits per heavy atom. The van der Waals surface area contributed by atoms with E-state index in [2.05, 4.69) is 69.7 Å². The van der Waals surface area contributed by atoms with E-state index < -0.39 is 0 Å². The second-order valence-corrected chi connectivity index (χ2v) is 8.11. The third kappa shape index (κ3) is 5.00. The molecule has 2 fully saturated rings. The number of aryl methyl sites for hydroxylation is 1. The lowest BCUT2D eigenvalue weighted by molar-refractivity contribution is 0.0226. The van der Waals surface area contributed by atoms with Crippen molar-refractivity contribution in [2.45, 2.75) is 38.3 Å². The first-order valence-electron chi connectivity index (χ1n) is 10.8. The van der Waals surface area contributed by atoms with Gasteiger partial charge in [0.1, 0.15) is 5.71 Å². The predicted molar refractivity (Wildman–Crippen MR) is 125 cm³/mol. The van der Waals surface area contributed by atoms with Crippen LogP contribution in [0.15, 0.2) is 58.6 Å². The molecule has 1 atom stereocenters. The predicted octanol–water partition coefficient (Wildman–Crippen LogP) is 3.60. The van der Waals surface area contributed by atoms with Crippen LogP contribution in [0.2, 0.25) is 0 Å². The molecule has 0 aromatic heterocycles. The van der Waals surface area contributed by atoms with Gasteiger partial charge in [0.05, 0.1) is 18.7 Å². The van der Waals surface area contributed by atoms with Crippen molar-refractivity contribution in [3.63, 3.8) is 0 Å². The fourth-order valence-corrected chi connectivity index (χ4v) is 4.06. The first-order valence-corrected chi connectivity index (χ1v) is 10.8. The lowest BCUT2D eigenvalue weighted by Gasteiger charge is -2.42. The number of hydrazone groups is 1. The second-order valence-electron chi connectivity index (χ2n) is 8.11. The van der Waals surface area contributed by atoms with Gasteiger partial charge in [-0.1, -0.05) is 24.3 Å². The van der Waals surface area contributed by atoms with E-state index >= 15 is 0 Å². The standard InChI is InChI=1S/C24H31N5O/c1-18-13-21(29-16-20(17-29)27-19-7-3-2-4-8-19)10-11-23(18)24(28-25)15-26-14-22-9-5-6-12-30-22/h2-4,7-8,10-11,13,15,20,22,27H,5-6,9,12,14,16-17,25H2,1H3/b26-15?,28-24+. The lowest BCUT2D eigenvalue weighted by Crippen LogP contribution is -2.55. The van der Waals surface area contributed by atoms with Gasteiger partial charge in [-0.2, -0.15) is 5.10 Å². The topological polar surface area (TPSA) is 75.2 Å². The number of ether oxygens (including phenoxy) is 1. The van der Waals surface area contributed by atoms with Crippen LogP contribution in [0.25, 0.3) is 0 Å². The lowest BCUT2D eigenvalue weighted by atomic mass is 10.0. The fourth-order valence-electron chi connectivity index (χ4n) is 4.06. The second kappa shape index (κ2) is 9.76. The molecule has 2 aromatic carbocycles. The molecule has 2 aliphatic rings. The molecule has 2 heterocycles. The Labute approximate surface area is 178 Å². The zero-order chi connectivity index (χ0) is 20.8. The molecular weight excluding hydrogens is 374 g/mol. The Bertz CT molecular complexity index is 884. The number of benzene rings is 2. The number of hydrogen-bond acceptors (Lipinski definition) is 6. The SMILES string of the molecule is Cc1cc(N2CC(Nc3ccccc3)C2)ccc1/C(C=NCC1CCCCO1)=N/N. The minimum Gasteiger partial charge on any atom is -0.379 e. The maximum Gasteiger partial charge on any atom is 0.108 e. The van der Waals surface area contributed by atoms with Crippen molar-refractivity contribution in [3.8, 4) is 0 Å².